The predicted molar refractivity (Wildman–Crippen MR) is 113 cm³/mol. The molecule has 0 N–H and O–H groups in total. The van der Waals surface area contributed by atoms with E-state index >= 15 is 0 Å². The van der Waals surface area contributed by atoms with Gasteiger partial charge in [0.05, 0.1) is 0 Å². The van der Waals surface area contributed by atoms with Crippen molar-refractivity contribution in [2.45, 2.75) is 26.3 Å². The number of ether oxygens (including phenoxy) is 2. The monoisotopic (exact) mass is 407 g/mol. The number of rotatable bonds is 6. The van der Waals surface area contributed by atoms with Crippen LogP contribution in [0.15, 0.2) is 65.7 Å². The van der Waals surface area contributed by atoms with Gasteiger partial charge in [-0.05, 0) is 60.7 Å². The maximum absolute atomic E-state index is 13.9. The third kappa shape index (κ3) is 4.20. The largest absolute Gasteiger partial charge is 0.491 e. The zero-order valence-corrected chi connectivity index (χ0v) is 17.0. The summed E-state index contributed by atoms with van der Waals surface area (Å²) < 4.78 is 39.3. The lowest BCUT2D eigenvalue weighted by Crippen LogP contribution is -2.17. The van der Waals surface area contributed by atoms with Gasteiger partial charge in [0, 0.05) is 0 Å². The Morgan fingerprint density at radius 3 is 2.40 bits per heavy atom. The van der Waals surface area contributed by atoms with Gasteiger partial charge in [-0.1, -0.05) is 42.5 Å². The molecule has 1 atom stereocenters. The van der Waals surface area contributed by atoms with Crippen LogP contribution in [0, 0.1) is 25.5 Å². The Bertz CT molecular complexity index is 1060. The van der Waals surface area contributed by atoms with Gasteiger partial charge >= 0.3 is 0 Å². The Hall–Kier alpha value is -3.21. The molecule has 0 aromatic heterocycles. The van der Waals surface area contributed by atoms with Crippen LogP contribution < -0.4 is 4.74 Å². The predicted octanol–water partition coefficient (Wildman–Crippen LogP) is 5.40. The molecule has 0 spiro atoms. The molecular formula is C25H23F2NO2. The first-order valence-electron chi connectivity index (χ1n) is 9.93. The number of aliphatic imine (C=N–C) groups is 1. The van der Waals surface area contributed by atoms with E-state index in [0.29, 0.717) is 0 Å². The van der Waals surface area contributed by atoms with E-state index in [2.05, 4.69) is 30.1 Å². The van der Waals surface area contributed by atoms with Gasteiger partial charge in [0.1, 0.15) is 42.2 Å². The van der Waals surface area contributed by atoms with Crippen LogP contribution in [-0.2, 0) is 11.2 Å². The molecule has 0 saturated heterocycles. The van der Waals surface area contributed by atoms with Crippen molar-refractivity contribution >= 4 is 5.90 Å². The summed E-state index contributed by atoms with van der Waals surface area (Å²) in [5.41, 5.74) is 4.56. The molecule has 0 bridgehead atoms. The van der Waals surface area contributed by atoms with E-state index in [1.807, 2.05) is 31.2 Å². The third-order valence-electron chi connectivity index (χ3n) is 5.41. The number of hydrogen-bond acceptors (Lipinski definition) is 3. The summed E-state index contributed by atoms with van der Waals surface area (Å²) in [6.45, 7) is 4.63. The topological polar surface area (TPSA) is 30.8 Å². The molecule has 4 rings (SSSR count). The third-order valence-corrected chi connectivity index (χ3v) is 5.41. The summed E-state index contributed by atoms with van der Waals surface area (Å²) in [6, 6.07) is 17.8. The van der Waals surface area contributed by atoms with Crippen molar-refractivity contribution in [2.75, 3.05) is 13.2 Å². The molecule has 1 heterocycles. The van der Waals surface area contributed by atoms with Crippen molar-refractivity contribution < 1.29 is 18.3 Å². The lowest BCUT2D eigenvalue weighted by atomic mass is 9.97. The summed E-state index contributed by atoms with van der Waals surface area (Å²) in [5.74, 6) is -0.595. The van der Waals surface area contributed by atoms with E-state index in [0.717, 1.165) is 17.7 Å². The fraction of sp³-hybridized carbons (Fsp3) is 0.240. The zero-order chi connectivity index (χ0) is 21.1. The molecule has 1 unspecified atom stereocenters. The van der Waals surface area contributed by atoms with E-state index < -0.39 is 11.6 Å². The molecular weight excluding hydrogens is 384 g/mol. The lowest BCUT2D eigenvalue weighted by molar-refractivity contribution is 0.241. The number of halogens is 2. The lowest BCUT2D eigenvalue weighted by Gasteiger charge is -2.15. The first-order chi connectivity index (χ1) is 14.5. The highest BCUT2D eigenvalue weighted by molar-refractivity contribution is 5.95. The molecule has 3 aromatic rings. The molecule has 30 heavy (non-hydrogen) atoms. The zero-order valence-electron chi connectivity index (χ0n) is 17.0. The van der Waals surface area contributed by atoms with Crippen LogP contribution in [0.25, 0.3) is 0 Å². The van der Waals surface area contributed by atoms with Crippen molar-refractivity contribution in [3.8, 4) is 5.75 Å². The molecule has 3 nitrogen and oxygen atoms in total. The molecule has 0 aliphatic carbocycles. The first kappa shape index (κ1) is 20.1. The van der Waals surface area contributed by atoms with E-state index in [1.54, 1.807) is 0 Å². The summed E-state index contributed by atoms with van der Waals surface area (Å²) in [7, 11) is 0. The SMILES string of the molecule is Cc1c(Cc2ccccc2)ccc(OCC2COC(c3c(F)cccc3F)=N2)c1C. The minimum Gasteiger partial charge on any atom is -0.491 e. The molecule has 5 heteroatoms. The summed E-state index contributed by atoms with van der Waals surface area (Å²) >= 11 is 0. The van der Waals surface area contributed by atoms with Crippen molar-refractivity contribution in [2.24, 2.45) is 4.99 Å². The smallest absolute Gasteiger partial charge is 0.222 e. The first-order valence-corrected chi connectivity index (χ1v) is 9.93. The summed E-state index contributed by atoms with van der Waals surface area (Å²) in [6.07, 6.45) is 0.867. The van der Waals surface area contributed by atoms with Crippen LogP contribution >= 0.6 is 0 Å². The van der Waals surface area contributed by atoms with Gasteiger partial charge in [0.15, 0.2) is 0 Å². The highest BCUT2D eigenvalue weighted by atomic mass is 19.1. The molecule has 1 aliphatic heterocycles. The normalized spacial score (nSPS) is 15.6. The fourth-order valence-corrected chi connectivity index (χ4v) is 3.54. The molecule has 0 saturated carbocycles. The Morgan fingerprint density at radius 2 is 1.67 bits per heavy atom. The van der Waals surface area contributed by atoms with Crippen LogP contribution in [0.2, 0.25) is 0 Å². The van der Waals surface area contributed by atoms with Gasteiger partial charge in [0.2, 0.25) is 5.90 Å². The molecule has 0 amide bonds. The number of benzene rings is 3. The van der Waals surface area contributed by atoms with E-state index in [9.17, 15) is 8.78 Å². The number of nitrogens with zero attached hydrogens (tertiary/aromatic N) is 1. The maximum Gasteiger partial charge on any atom is 0.222 e. The van der Waals surface area contributed by atoms with Crippen LogP contribution in [0.4, 0.5) is 8.78 Å². The van der Waals surface area contributed by atoms with Crippen LogP contribution in [0.5, 0.6) is 5.75 Å². The van der Waals surface area contributed by atoms with Gasteiger partial charge in [-0.15, -0.1) is 0 Å². The van der Waals surface area contributed by atoms with Gasteiger partial charge in [-0.2, -0.15) is 0 Å². The fourth-order valence-electron chi connectivity index (χ4n) is 3.54. The maximum atomic E-state index is 13.9. The molecule has 154 valence electrons. The average Bonchev–Trinajstić information content (AvgIpc) is 3.20. The van der Waals surface area contributed by atoms with E-state index in [1.165, 1.54) is 34.9 Å². The summed E-state index contributed by atoms with van der Waals surface area (Å²) in [5, 5.41) is 0. The van der Waals surface area contributed by atoms with Crippen molar-refractivity contribution in [3.63, 3.8) is 0 Å². The molecule has 0 radical (unpaired) electrons. The molecule has 0 fully saturated rings. The van der Waals surface area contributed by atoms with Crippen LogP contribution in [0.3, 0.4) is 0 Å². The van der Waals surface area contributed by atoms with E-state index in [4.69, 9.17) is 9.47 Å². The van der Waals surface area contributed by atoms with Crippen molar-refractivity contribution in [1.29, 1.82) is 0 Å². The van der Waals surface area contributed by atoms with Gasteiger partial charge in [0.25, 0.3) is 0 Å². The second kappa shape index (κ2) is 8.66. The Morgan fingerprint density at radius 1 is 0.933 bits per heavy atom. The van der Waals surface area contributed by atoms with Crippen LogP contribution in [0.1, 0.15) is 27.8 Å². The van der Waals surface area contributed by atoms with Crippen molar-refractivity contribution in [3.05, 3.63) is 100 Å². The Labute approximate surface area is 175 Å². The highest BCUT2D eigenvalue weighted by Gasteiger charge is 2.25. The minimum absolute atomic E-state index is 0.00897. The minimum atomic E-state index is -0.684. The molecule has 3 aromatic carbocycles. The van der Waals surface area contributed by atoms with Crippen molar-refractivity contribution in [1.82, 2.24) is 0 Å². The second-order valence-corrected chi connectivity index (χ2v) is 7.44. The average molecular weight is 407 g/mol. The summed E-state index contributed by atoms with van der Waals surface area (Å²) in [4.78, 5) is 4.31. The van der Waals surface area contributed by atoms with Gasteiger partial charge in [-0.3, -0.25) is 0 Å². The molecule has 1 aliphatic rings. The van der Waals surface area contributed by atoms with E-state index in [-0.39, 0.29) is 30.7 Å². The van der Waals surface area contributed by atoms with Gasteiger partial charge < -0.3 is 9.47 Å². The highest BCUT2D eigenvalue weighted by Crippen LogP contribution is 2.27. The second-order valence-electron chi connectivity index (χ2n) is 7.44. The standard InChI is InChI=1S/C25H23F2NO2/c1-16-17(2)23(12-11-19(16)13-18-7-4-3-5-8-18)29-14-20-15-30-25(28-20)24-21(26)9-6-10-22(24)27/h3-12,20H,13-15H2,1-2H3. The van der Waals surface area contributed by atoms with Crippen LogP contribution in [-0.4, -0.2) is 25.2 Å². The van der Waals surface area contributed by atoms with Gasteiger partial charge in [-0.25, -0.2) is 13.8 Å². The Kier molecular flexibility index (Phi) is 5.79. The quantitative estimate of drug-likeness (QED) is 0.548. The number of hydrogen-bond donors (Lipinski definition) is 0. The Balaban J connectivity index is 1.44.